The van der Waals surface area contributed by atoms with E-state index in [9.17, 15) is 14.4 Å². The van der Waals surface area contributed by atoms with Gasteiger partial charge in [-0.25, -0.2) is 0 Å². The van der Waals surface area contributed by atoms with Crippen LogP contribution in [0.5, 0.6) is 0 Å². The number of carbonyl (C=O) groups is 3. The molecule has 0 saturated carbocycles. The van der Waals surface area contributed by atoms with E-state index in [-0.39, 0.29) is 37.5 Å². The lowest BCUT2D eigenvalue weighted by atomic mass is 10.0. The van der Waals surface area contributed by atoms with E-state index in [0.717, 1.165) is 103 Å². The maximum Gasteiger partial charge on any atom is 0.306 e. The highest BCUT2D eigenvalue weighted by molar-refractivity contribution is 5.71. The third-order valence-electron chi connectivity index (χ3n) is 14.5. The molecule has 0 N–H and O–H groups in total. The second-order valence-electron chi connectivity index (χ2n) is 22.4. The lowest BCUT2D eigenvalue weighted by Gasteiger charge is -2.18. The first-order valence-corrected chi connectivity index (χ1v) is 33.9. The molecule has 80 heavy (non-hydrogen) atoms. The molecule has 0 heterocycles. The Morgan fingerprint density at radius 1 is 0.263 bits per heavy atom. The molecule has 0 aromatic rings. The Hall–Kier alpha value is -3.93. The zero-order chi connectivity index (χ0) is 57.8. The molecular formula is C74H126O6. The fourth-order valence-corrected chi connectivity index (χ4v) is 9.51. The summed E-state index contributed by atoms with van der Waals surface area (Å²) in [5, 5.41) is 0. The van der Waals surface area contributed by atoms with E-state index in [0.29, 0.717) is 19.3 Å². The van der Waals surface area contributed by atoms with Crippen LogP contribution in [0.3, 0.4) is 0 Å². The zero-order valence-corrected chi connectivity index (χ0v) is 52.6. The molecule has 0 aromatic carbocycles. The highest BCUT2D eigenvalue weighted by atomic mass is 16.6. The van der Waals surface area contributed by atoms with Crippen molar-refractivity contribution in [2.75, 3.05) is 13.2 Å². The van der Waals surface area contributed by atoms with Gasteiger partial charge in [0.25, 0.3) is 0 Å². The molecule has 458 valence electrons. The van der Waals surface area contributed by atoms with Crippen molar-refractivity contribution in [1.82, 2.24) is 0 Å². The van der Waals surface area contributed by atoms with Crippen molar-refractivity contribution in [2.24, 2.45) is 0 Å². The summed E-state index contributed by atoms with van der Waals surface area (Å²) < 4.78 is 16.9. The van der Waals surface area contributed by atoms with Gasteiger partial charge in [0.1, 0.15) is 13.2 Å². The Balaban J connectivity index is 4.36. The lowest BCUT2D eigenvalue weighted by Crippen LogP contribution is -2.30. The summed E-state index contributed by atoms with van der Waals surface area (Å²) >= 11 is 0. The second kappa shape index (κ2) is 67.6. The van der Waals surface area contributed by atoms with Gasteiger partial charge in [0.05, 0.1) is 0 Å². The second-order valence-corrected chi connectivity index (χ2v) is 22.4. The molecule has 0 aliphatic heterocycles. The smallest absolute Gasteiger partial charge is 0.306 e. The topological polar surface area (TPSA) is 78.9 Å². The first-order chi connectivity index (χ1) is 39.5. The quantitative estimate of drug-likeness (QED) is 0.0261. The number of hydrogen-bond donors (Lipinski definition) is 0. The van der Waals surface area contributed by atoms with Crippen LogP contribution in [-0.4, -0.2) is 37.2 Å². The van der Waals surface area contributed by atoms with Crippen LogP contribution in [0.25, 0.3) is 0 Å². The summed E-state index contributed by atoms with van der Waals surface area (Å²) in [5.74, 6) is -0.943. The predicted molar refractivity (Wildman–Crippen MR) is 348 cm³/mol. The molecule has 0 amide bonds. The summed E-state index contributed by atoms with van der Waals surface area (Å²) in [6.07, 6.45) is 92.6. The Morgan fingerprint density at radius 3 is 0.762 bits per heavy atom. The van der Waals surface area contributed by atoms with Crippen molar-refractivity contribution in [3.8, 4) is 0 Å². The summed E-state index contributed by atoms with van der Waals surface area (Å²) in [6.45, 7) is 6.51. The number of rotatable bonds is 61. The maximum atomic E-state index is 12.9. The van der Waals surface area contributed by atoms with Gasteiger partial charge < -0.3 is 14.2 Å². The summed E-state index contributed by atoms with van der Waals surface area (Å²) in [5.41, 5.74) is 0. The predicted octanol–water partition coefficient (Wildman–Crippen LogP) is 23.4. The molecule has 6 nitrogen and oxygen atoms in total. The molecule has 0 radical (unpaired) electrons. The van der Waals surface area contributed by atoms with Crippen LogP contribution in [0.1, 0.15) is 323 Å². The van der Waals surface area contributed by atoms with Crippen molar-refractivity contribution < 1.29 is 28.6 Å². The SMILES string of the molecule is CC/C=C\C/C=C\C/C=C\C/C=C\C/C=C\C/C=C\C/C=C\C/C=C\C/C=C\CCCC(=O)OCC(COC(=O)CCCCCCCCCCCCC)OC(=O)CCCCCCCCCCCCCCCCCCCCCCCC. The van der Waals surface area contributed by atoms with E-state index in [4.69, 9.17) is 14.2 Å². The summed E-state index contributed by atoms with van der Waals surface area (Å²) in [7, 11) is 0. The zero-order valence-electron chi connectivity index (χ0n) is 52.6. The molecule has 0 saturated heterocycles. The average molecular weight is 1110 g/mol. The van der Waals surface area contributed by atoms with Crippen LogP contribution >= 0.6 is 0 Å². The number of carbonyl (C=O) groups excluding carboxylic acids is 3. The Kier molecular flexibility index (Phi) is 64.3. The van der Waals surface area contributed by atoms with Crippen molar-refractivity contribution >= 4 is 17.9 Å². The standard InChI is InChI=1S/C74H126O6/c1-4-7-10-13-16-19-22-24-26-28-30-32-34-35-36-37-38-39-40-42-43-45-47-49-52-55-58-61-64-67-73(76)79-70-71(69-78-72(75)66-63-60-57-54-51-21-18-15-12-9-6-3)80-74(77)68-65-62-59-56-53-50-48-46-44-41-33-31-29-27-25-23-20-17-14-11-8-5-2/h7,10,16,19,24,26,30,32,35-36,38-39,42-43,47,49,55,58,71H,4-6,8-9,11-15,17-18,20-23,25,27-29,31,33-34,37,40-41,44-46,48,50-54,56-57,59-70H2,1-3H3/b10-7-,19-16-,26-24-,32-30-,36-35-,39-38-,43-42-,49-47-,58-55-. The van der Waals surface area contributed by atoms with Gasteiger partial charge in [-0.1, -0.05) is 329 Å². The normalized spacial score (nSPS) is 12.8. The minimum atomic E-state index is -0.800. The van der Waals surface area contributed by atoms with Crippen molar-refractivity contribution in [1.29, 1.82) is 0 Å². The Morgan fingerprint density at radius 2 is 0.487 bits per heavy atom. The highest BCUT2D eigenvalue weighted by Gasteiger charge is 2.19. The monoisotopic (exact) mass is 1110 g/mol. The highest BCUT2D eigenvalue weighted by Crippen LogP contribution is 2.17. The third-order valence-corrected chi connectivity index (χ3v) is 14.5. The number of esters is 3. The molecule has 1 unspecified atom stereocenters. The van der Waals surface area contributed by atoms with Gasteiger partial charge >= 0.3 is 17.9 Å². The van der Waals surface area contributed by atoms with Crippen LogP contribution in [0.15, 0.2) is 109 Å². The maximum absolute atomic E-state index is 12.9. The van der Waals surface area contributed by atoms with Gasteiger partial charge in [-0.2, -0.15) is 0 Å². The van der Waals surface area contributed by atoms with Crippen LogP contribution < -0.4 is 0 Å². The van der Waals surface area contributed by atoms with E-state index in [1.807, 2.05) is 0 Å². The number of allylic oxidation sites excluding steroid dienone is 18. The summed E-state index contributed by atoms with van der Waals surface area (Å²) in [6, 6.07) is 0. The van der Waals surface area contributed by atoms with Crippen molar-refractivity contribution in [3.63, 3.8) is 0 Å². The number of hydrogen-bond acceptors (Lipinski definition) is 6. The number of ether oxygens (including phenoxy) is 3. The fraction of sp³-hybridized carbons (Fsp3) is 0.716. The van der Waals surface area contributed by atoms with E-state index in [1.165, 1.54) is 173 Å². The largest absolute Gasteiger partial charge is 0.462 e. The molecule has 6 heteroatoms. The average Bonchev–Trinajstić information content (AvgIpc) is 3.46. The van der Waals surface area contributed by atoms with E-state index in [1.54, 1.807) is 0 Å². The summed E-state index contributed by atoms with van der Waals surface area (Å²) in [4.78, 5) is 38.3. The molecule has 1 atom stereocenters. The van der Waals surface area contributed by atoms with Crippen molar-refractivity contribution in [3.05, 3.63) is 109 Å². The number of unbranched alkanes of at least 4 members (excludes halogenated alkanes) is 32. The van der Waals surface area contributed by atoms with Crippen LogP contribution in [0, 0.1) is 0 Å². The van der Waals surface area contributed by atoms with Gasteiger partial charge in [0.15, 0.2) is 6.10 Å². The Bertz CT molecular complexity index is 1610. The fourth-order valence-electron chi connectivity index (χ4n) is 9.51. The van der Waals surface area contributed by atoms with E-state index in [2.05, 4.69) is 130 Å². The van der Waals surface area contributed by atoms with Gasteiger partial charge in [-0.3, -0.25) is 14.4 Å². The molecule has 0 aliphatic rings. The first-order valence-electron chi connectivity index (χ1n) is 33.9. The van der Waals surface area contributed by atoms with Crippen molar-refractivity contribution in [2.45, 2.75) is 329 Å². The van der Waals surface area contributed by atoms with Crippen LogP contribution in [-0.2, 0) is 28.6 Å². The molecular weight excluding hydrogens is 985 g/mol. The first kappa shape index (κ1) is 76.1. The molecule has 0 bridgehead atoms. The third kappa shape index (κ3) is 64.9. The van der Waals surface area contributed by atoms with E-state index < -0.39 is 6.10 Å². The van der Waals surface area contributed by atoms with Gasteiger partial charge in [0.2, 0.25) is 0 Å². The minimum Gasteiger partial charge on any atom is -0.462 e. The van der Waals surface area contributed by atoms with E-state index >= 15 is 0 Å². The van der Waals surface area contributed by atoms with Gasteiger partial charge in [-0.05, 0) is 83.5 Å². The van der Waals surface area contributed by atoms with Crippen LogP contribution in [0.2, 0.25) is 0 Å². The lowest BCUT2D eigenvalue weighted by molar-refractivity contribution is -0.167. The molecule has 0 rings (SSSR count). The van der Waals surface area contributed by atoms with Gasteiger partial charge in [-0.15, -0.1) is 0 Å². The Labute approximate surface area is 495 Å². The minimum absolute atomic E-state index is 0.0925. The molecule has 0 spiro atoms. The molecule has 0 aliphatic carbocycles. The van der Waals surface area contributed by atoms with Crippen LogP contribution in [0.4, 0.5) is 0 Å². The van der Waals surface area contributed by atoms with Gasteiger partial charge in [0, 0.05) is 19.3 Å². The molecule has 0 aromatic heterocycles. The molecule has 0 fully saturated rings.